The van der Waals surface area contributed by atoms with Gasteiger partial charge >= 0.3 is 24.3 Å². The highest BCUT2D eigenvalue weighted by atomic mass is 19.4. The summed E-state index contributed by atoms with van der Waals surface area (Å²) < 4.78 is 103. The maximum absolute atomic E-state index is 13.4. The summed E-state index contributed by atoms with van der Waals surface area (Å²) in [6, 6.07) is 8.51. The molecule has 4 rings (SSSR count). The molecule has 0 saturated carbocycles. The zero-order valence-corrected chi connectivity index (χ0v) is 26.0. The van der Waals surface area contributed by atoms with Gasteiger partial charge in [-0.05, 0) is 72.5 Å². The number of nitrogens with zero attached hydrogens (tertiary/aromatic N) is 2. The van der Waals surface area contributed by atoms with Crippen molar-refractivity contribution in [2.45, 2.75) is 52.9 Å². The smallest absolute Gasteiger partial charge is 0.433 e. The van der Waals surface area contributed by atoms with Crippen molar-refractivity contribution in [3.8, 4) is 0 Å². The normalized spacial score (nSPS) is 11.1. The number of carboxylic acids is 2. The van der Waals surface area contributed by atoms with Crippen LogP contribution in [-0.4, -0.2) is 32.1 Å². The van der Waals surface area contributed by atoms with Crippen LogP contribution >= 0.6 is 0 Å². The first kappa shape index (κ1) is 38.9. The Morgan fingerprint density at radius 3 is 1.65 bits per heavy atom. The van der Waals surface area contributed by atoms with Crippen LogP contribution in [0.3, 0.4) is 0 Å². The summed E-state index contributed by atoms with van der Waals surface area (Å²) in [4.78, 5) is 28.7. The van der Waals surface area contributed by atoms with Crippen LogP contribution in [0.5, 0.6) is 0 Å². The molecule has 0 spiro atoms. The van der Waals surface area contributed by atoms with E-state index in [4.69, 9.17) is 10.2 Å². The Hall–Kier alpha value is -5.28. The van der Waals surface area contributed by atoms with Crippen molar-refractivity contribution >= 4 is 34.7 Å². The van der Waals surface area contributed by atoms with Crippen LogP contribution in [0.15, 0.2) is 60.9 Å². The molecule has 0 aliphatic heterocycles. The van der Waals surface area contributed by atoms with Crippen molar-refractivity contribution in [3.63, 3.8) is 0 Å². The number of rotatable bonds is 7. The Balaban J connectivity index is 0.000000318. The second-order valence-corrected chi connectivity index (χ2v) is 9.93. The van der Waals surface area contributed by atoms with E-state index in [0.717, 1.165) is 12.3 Å². The predicted molar refractivity (Wildman–Crippen MR) is 162 cm³/mol. The van der Waals surface area contributed by atoms with Crippen molar-refractivity contribution in [1.82, 2.24) is 9.97 Å². The maximum Gasteiger partial charge on any atom is 0.433 e. The van der Waals surface area contributed by atoms with Gasteiger partial charge in [-0.1, -0.05) is 27.7 Å². The van der Waals surface area contributed by atoms with Gasteiger partial charge in [-0.3, -0.25) is 4.98 Å². The molecule has 16 heteroatoms. The molecule has 2 aromatic carbocycles. The molecule has 48 heavy (non-hydrogen) atoms. The number of hydrogen-bond donors (Lipinski definition) is 4. The molecule has 4 N–H and O–H groups in total. The average Bonchev–Trinajstić information content (AvgIpc) is 2.99. The quantitative estimate of drug-likeness (QED) is 0.142. The SMILES string of the molecule is CC.CC(C)c1cc(F)ccc1Nc1cnc(C(F)(F)F)cc1C(=O)O.Cc1cc(F)ccc1Nc1cc(C(F)(F)F)ncc1C(=O)O. The van der Waals surface area contributed by atoms with Crippen LogP contribution in [0.25, 0.3) is 0 Å². The summed E-state index contributed by atoms with van der Waals surface area (Å²) in [5.74, 6) is -4.01. The number of anilines is 4. The van der Waals surface area contributed by atoms with Crippen molar-refractivity contribution in [2.75, 3.05) is 10.6 Å². The molecule has 4 aromatic rings. The van der Waals surface area contributed by atoms with E-state index in [-0.39, 0.29) is 17.3 Å². The van der Waals surface area contributed by atoms with Gasteiger partial charge < -0.3 is 20.8 Å². The first-order valence-corrected chi connectivity index (χ1v) is 14.0. The van der Waals surface area contributed by atoms with E-state index in [2.05, 4.69) is 20.6 Å². The summed E-state index contributed by atoms with van der Waals surface area (Å²) in [5, 5.41) is 23.5. The van der Waals surface area contributed by atoms with E-state index >= 15 is 0 Å². The fourth-order valence-corrected chi connectivity index (χ4v) is 3.95. The van der Waals surface area contributed by atoms with E-state index in [1.54, 1.807) is 0 Å². The second-order valence-electron chi connectivity index (χ2n) is 9.93. The van der Waals surface area contributed by atoms with E-state index in [0.29, 0.717) is 40.8 Å². The molecule has 0 radical (unpaired) electrons. The van der Waals surface area contributed by atoms with Crippen LogP contribution in [-0.2, 0) is 12.4 Å². The first-order valence-electron chi connectivity index (χ1n) is 14.0. The van der Waals surface area contributed by atoms with Crippen LogP contribution in [0.4, 0.5) is 57.9 Å². The van der Waals surface area contributed by atoms with E-state index in [9.17, 15) is 44.7 Å². The highest BCUT2D eigenvalue weighted by Gasteiger charge is 2.34. The minimum absolute atomic E-state index is 0.0844. The minimum Gasteiger partial charge on any atom is -0.478 e. The molecule has 0 fully saturated rings. The lowest BCUT2D eigenvalue weighted by atomic mass is 10.0. The van der Waals surface area contributed by atoms with Gasteiger partial charge in [-0.25, -0.2) is 23.4 Å². The first-order chi connectivity index (χ1) is 22.3. The number of carbonyl (C=O) groups is 2. The topological polar surface area (TPSA) is 124 Å². The van der Waals surface area contributed by atoms with Crippen molar-refractivity contribution in [2.24, 2.45) is 0 Å². The molecule has 2 aromatic heterocycles. The molecule has 0 bridgehead atoms. The number of aryl methyl sites for hydroxylation is 1. The number of halogens is 8. The average molecular weight is 687 g/mol. The number of nitrogens with one attached hydrogen (secondary N) is 2. The zero-order chi connectivity index (χ0) is 36.6. The van der Waals surface area contributed by atoms with Crippen LogP contribution < -0.4 is 10.6 Å². The molecule has 0 aliphatic rings. The monoisotopic (exact) mass is 686 g/mol. The Labute approximate surface area is 269 Å². The molecule has 0 saturated heterocycles. The van der Waals surface area contributed by atoms with E-state index in [1.165, 1.54) is 37.3 Å². The summed E-state index contributed by atoms with van der Waals surface area (Å²) in [5.41, 5.74) is -2.22. The molecule has 258 valence electrons. The zero-order valence-electron chi connectivity index (χ0n) is 26.0. The van der Waals surface area contributed by atoms with Gasteiger partial charge in [0, 0.05) is 17.6 Å². The Kier molecular flexibility index (Phi) is 13.0. The summed E-state index contributed by atoms with van der Waals surface area (Å²) in [6.45, 7) is 9.16. The number of benzene rings is 2. The third-order valence-electron chi connectivity index (χ3n) is 6.21. The molecular weight excluding hydrogens is 656 g/mol. The third kappa shape index (κ3) is 10.4. The number of carboxylic acid groups (broad SMARTS) is 2. The van der Waals surface area contributed by atoms with Crippen LogP contribution in [0.2, 0.25) is 0 Å². The lowest BCUT2D eigenvalue weighted by Gasteiger charge is -2.17. The van der Waals surface area contributed by atoms with Crippen molar-refractivity contribution < 1.29 is 54.9 Å². The number of alkyl halides is 6. The Morgan fingerprint density at radius 2 is 1.15 bits per heavy atom. The molecule has 0 atom stereocenters. The number of hydrogen-bond acceptors (Lipinski definition) is 6. The lowest BCUT2D eigenvalue weighted by molar-refractivity contribution is -0.141. The van der Waals surface area contributed by atoms with Crippen LogP contribution in [0.1, 0.15) is 76.8 Å². The standard InChI is InChI=1S/C16H14F4N2O2.C14H10F4N2O2.C2H6/c1-8(2)10-5-9(17)3-4-12(10)22-13-7-21-14(16(18,19)20)6-11(13)15(23)24;1-7-4-8(15)2-3-10(7)20-11-5-12(14(16,17)18)19-6-9(11)13(21)22;1-2/h3-8,22H,1-2H3,(H,23,24);2-6H,1H3,(H,19,20)(H,21,22);1-2H3. The fraction of sp³-hybridized carbons (Fsp3) is 0.250. The van der Waals surface area contributed by atoms with Crippen molar-refractivity contribution in [3.05, 3.63) is 106 Å². The van der Waals surface area contributed by atoms with Gasteiger partial charge in [0.1, 0.15) is 28.6 Å². The predicted octanol–water partition coefficient (Wildman–Crippen LogP) is 9.82. The van der Waals surface area contributed by atoms with Crippen molar-refractivity contribution in [1.29, 1.82) is 0 Å². The minimum atomic E-state index is -4.75. The maximum atomic E-state index is 13.4. The van der Waals surface area contributed by atoms with Crippen LogP contribution in [0, 0.1) is 18.6 Å². The number of aromatic nitrogens is 2. The number of pyridine rings is 2. The van der Waals surface area contributed by atoms with Gasteiger partial charge in [-0.2, -0.15) is 26.3 Å². The van der Waals surface area contributed by atoms with E-state index in [1.807, 2.05) is 27.7 Å². The largest absolute Gasteiger partial charge is 0.478 e. The highest BCUT2D eigenvalue weighted by Crippen LogP contribution is 2.34. The summed E-state index contributed by atoms with van der Waals surface area (Å²) >= 11 is 0. The number of aromatic carboxylic acids is 2. The molecule has 0 unspecified atom stereocenters. The summed E-state index contributed by atoms with van der Waals surface area (Å²) in [6.07, 6.45) is -8.01. The van der Waals surface area contributed by atoms with Gasteiger partial charge in [-0.15, -0.1) is 0 Å². The second kappa shape index (κ2) is 16.0. The molecule has 8 nitrogen and oxygen atoms in total. The van der Waals surface area contributed by atoms with Gasteiger partial charge in [0.25, 0.3) is 0 Å². The molecular formula is C32H30F8N4O4. The van der Waals surface area contributed by atoms with E-state index < -0.39 is 58.4 Å². The third-order valence-corrected chi connectivity index (χ3v) is 6.21. The Bertz CT molecular complexity index is 1760. The lowest BCUT2D eigenvalue weighted by Crippen LogP contribution is -2.12. The highest BCUT2D eigenvalue weighted by molar-refractivity contribution is 5.96. The van der Waals surface area contributed by atoms with Gasteiger partial charge in [0.05, 0.1) is 23.1 Å². The van der Waals surface area contributed by atoms with Gasteiger partial charge in [0.15, 0.2) is 0 Å². The van der Waals surface area contributed by atoms with Gasteiger partial charge in [0.2, 0.25) is 0 Å². The Morgan fingerprint density at radius 1 is 0.667 bits per heavy atom. The molecule has 0 aliphatic carbocycles. The molecule has 2 heterocycles. The fourth-order valence-electron chi connectivity index (χ4n) is 3.95. The molecule has 0 amide bonds. The summed E-state index contributed by atoms with van der Waals surface area (Å²) in [7, 11) is 0.